The highest BCUT2D eigenvalue weighted by atomic mass is 16.5. The monoisotopic (exact) mass is 226 g/mol. The highest BCUT2D eigenvalue weighted by Gasteiger charge is 2.26. The van der Waals surface area contributed by atoms with E-state index < -0.39 is 11.9 Å². The molecule has 0 aliphatic carbocycles. The van der Waals surface area contributed by atoms with Gasteiger partial charge in [0.15, 0.2) is 0 Å². The number of carbonyl (C=O) groups is 2. The minimum Gasteiger partial charge on any atom is -0.468 e. The maximum Gasteiger partial charge on any atom is 0.325 e. The molecule has 0 saturated carbocycles. The van der Waals surface area contributed by atoms with Crippen LogP contribution in [0.1, 0.15) is 27.2 Å². The molecule has 0 aromatic carbocycles. The molecular weight excluding hydrogens is 208 g/mol. The third-order valence-electron chi connectivity index (χ3n) is 2.30. The van der Waals surface area contributed by atoms with Gasteiger partial charge >= 0.3 is 5.97 Å². The fourth-order valence-electron chi connectivity index (χ4n) is 1.24. The van der Waals surface area contributed by atoms with Crippen LogP contribution in [0.15, 0.2) is 0 Å². The smallest absolute Gasteiger partial charge is 0.325 e. The van der Waals surface area contributed by atoms with Crippen molar-refractivity contribution in [3.8, 4) is 6.07 Å². The summed E-state index contributed by atoms with van der Waals surface area (Å²) in [6, 6.07) is 1.80. The van der Waals surface area contributed by atoms with Gasteiger partial charge in [-0.1, -0.05) is 6.92 Å². The molecule has 5 nitrogen and oxygen atoms in total. The van der Waals surface area contributed by atoms with Gasteiger partial charge in [0.05, 0.1) is 13.2 Å². The van der Waals surface area contributed by atoms with E-state index in [9.17, 15) is 9.59 Å². The number of hydrogen-bond acceptors (Lipinski definition) is 4. The molecular formula is C11H18N2O3. The minimum atomic E-state index is -0.688. The Kier molecular flexibility index (Phi) is 6.16. The first-order chi connectivity index (χ1) is 7.47. The van der Waals surface area contributed by atoms with Crippen molar-refractivity contribution in [2.45, 2.75) is 33.2 Å². The zero-order valence-corrected chi connectivity index (χ0v) is 10.2. The van der Waals surface area contributed by atoms with Gasteiger partial charge in [0, 0.05) is 6.04 Å². The minimum absolute atomic E-state index is 0.106. The molecule has 0 aliphatic rings. The Labute approximate surface area is 96.0 Å². The summed E-state index contributed by atoms with van der Waals surface area (Å²) < 4.78 is 4.51. The molecule has 0 aromatic rings. The topological polar surface area (TPSA) is 70.4 Å². The van der Waals surface area contributed by atoms with Gasteiger partial charge in [-0.25, -0.2) is 0 Å². The predicted molar refractivity (Wildman–Crippen MR) is 58.3 cm³/mol. The van der Waals surface area contributed by atoms with Crippen molar-refractivity contribution in [1.29, 1.82) is 5.26 Å². The second-order valence-corrected chi connectivity index (χ2v) is 3.73. The molecule has 0 rings (SSSR count). The fourth-order valence-corrected chi connectivity index (χ4v) is 1.24. The lowest BCUT2D eigenvalue weighted by atomic mass is 10.1. The molecule has 0 bridgehead atoms. The van der Waals surface area contributed by atoms with Crippen molar-refractivity contribution in [2.75, 3.05) is 13.7 Å². The summed E-state index contributed by atoms with van der Waals surface area (Å²) in [4.78, 5) is 24.4. The lowest BCUT2D eigenvalue weighted by molar-refractivity contribution is -0.149. The van der Waals surface area contributed by atoms with Crippen molar-refractivity contribution < 1.29 is 14.3 Å². The second kappa shape index (κ2) is 6.83. The van der Waals surface area contributed by atoms with E-state index in [1.54, 1.807) is 20.8 Å². The summed E-state index contributed by atoms with van der Waals surface area (Å²) in [6.07, 6.45) is 0.444. The van der Waals surface area contributed by atoms with E-state index in [0.29, 0.717) is 6.42 Å². The highest BCUT2D eigenvalue weighted by molar-refractivity contribution is 5.85. The first kappa shape index (κ1) is 14.4. The predicted octanol–water partition coefficient (Wildman–Crippen LogP) is 0.946. The fraction of sp³-hybridized carbons (Fsp3) is 0.727. The van der Waals surface area contributed by atoms with Gasteiger partial charge in [0.2, 0.25) is 5.91 Å². The molecule has 0 spiro atoms. The molecule has 16 heavy (non-hydrogen) atoms. The van der Waals surface area contributed by atoms with Crippen LogP contribution in [0, 0.1) is 17.2 Å². The molecule has 0 aliphatic heterocycles. The quantitative estimate of drug-likeness (QED) is 0.654. The van der Waals surface area contributed by atoms with Gasteiger partial charge in [-0.2, -0.15) is 5.26 Å². The van der Waals surface area contributed by atoms with Crippen LogP contribution in [0.5, 0.6) is 0 Å². The van der Waals surface area contributed by atoms with Gasteiger partial charge in [0.1, 0.15) is 12.5 Å². The van der Waals surface area contributed by atoms with Crippen LogP contribution in [0.3, 0.4) is 0 Å². The maximum atomic E-state index is 11.9. The molecule has 0 heterocycles. The Morgan fingerprint density at radius 2 is 2.00 bits per heavy atom. The molecule has 0 fully saturated rings. The Hall–Kier alpha value is -1.57. The number of nitriles is 1. The second-order valence-electron chi connectivity index (χ2n) is 3.73. The molecule has 0 aromatic heterocycles. The zero-order valence-electron chi connectivity index (χ0n) is 10.2. The Morgan fingerprint density at radius 1 is 1.44 bits per heavy atom. The molecule has 1 unspecified atom stereocenters. The van der Waals surface area contributed by atoms with Crippen molar-refractivity contribution in [1.82, 2.24) is 4.90 Å². The average molecular weight is 226 g/mol. The summed E-state index contributed by atoms with van der Waals surface area (Å²) in [6.45, 7) is 5.25. The zero-order chi connectivity index (χ0) is 12.7. The number of nitrogens with zero attached hydrogens (tertiary/aromatic N) is 2. The van der Waals surface area contributed by atoms with Crippen LogP contribution in [0.25, 0.3) is 0 Å². The summed E-state index contributed by atoms with van der Waals surface area (Å²) in [7, 11) is 1.27. The number of hydrogen-bond donors (Lipinski definition) is 0. The van der Waals surface area contributed by atoms with E-state index in [-0.39, 0.29) is 18.5 Å². The van der Waals surface area contributed by atoms with Crippen LogP contribution in [0.4, 0.5) is 0 Å². The van der Waals surface area contributed by atoms with Crippen LogP contribution in [-0.2, 0) is 14.3 Å². The molecule has 1 amide bonds. The van der Waals surface area contributed by atoms with Gasteiger partial charge in [-0.15, -0.1) is 0 Å². The van der Waals surface area contributed by atoms with E-state index in [1.165, 1.54) is 12.0 Å². The van der Waals surface area contributed by atoms with Crippen LogP contribution >= 0.6 is 0 Å². The molecule has 1 atom stereocenters. The normalized spacial score (nSPS) is 11.8. The third kappa shape index (κ3) is 3.89. The van der Waals surface area contributed by atoms with E-state index in [1.807, 2.05) is 6.07 Å². The van der Waals surface area contributed by atoms with E-state index in [4.69, 9.17) is 5.26 Å². The van der Waals surface area contributed by atoms with Gasteiger partial charge < -0.3 is 9.64 Å². The van der Waals surface area contributed by atoms with Crippen LogP contribution < -0.4 is 0 Å². The van der Waals surface area contributed by atoms with Crippen LogP contribution in [0.2, 0.25) is 0 Å². The lowest BCUT2D eigenvalue weighted by Crippen LogP contribution is -2.43. The third-order valence-corrected chi connectivity index (χ3v) is 2.30. The van der Waals surface area contributed by atoms with Crippen molar-refractivity contribution >= 4 is 11.9 Å². The summed E-state index contributed by atoms with van der Waals surface area (Å²) in [5, 5.41) is 8.80. The number of amides is 1. The first-order valence-electron chi connectivity index (χ1n) is 5.24. The van der Waals surface area contributed by atoms with E-state index >= 15 is 0 Å². The molecule has 0 radical (unpaired) electrons. The van der Waals surface area contributed by atoms with Gasteiger partial charge in [0.25, 0.3) is 0 Å². The number of rotatable bonds is 5. The maximum absolute atomic E-state index is 11.9. The van der Waals surface area contributed by atoms with Crippen molar-refractivity contribution in [3.05, 3.63) is 0 Å². The largest absolute Gasteiger partial charge is 0.468 e. The van der Waals surface area contributed by atoms with Crippen molar-refractivity contribution in [2.24, 2.45) is 5.92 Å². The molecule has 0 saturated heterocycles. The molecule has 90 valence electrons. The first-order valence-corrected chi connectivity index (χ1v) is 5.24. The lowest BCUT2D eigenvalue weighted by Gasteiger charge is -2.27. The number of carbonyl (C=O) groups excluding carboxylic acids is 2. The average Bonchev–Trinajstić information content (AvgIpc) is 2.26. The molecule has 0 N–H and O–H groups in total. The van der Waals surface area contributed by atoms with Crippen molar-refractivity contribution in [3.63, 3.8) is 0 Å². The highest BCUT2D eigenvalue weighted by Crippen LogP contribution is 2.10. The molecule has 5 heteroatoms. The number of methoxy groups -OCH3 is 1. The number of esters is 1. The van der Waals surface area contributed by atoms with Gasteiger partial charge in [-0.3, -0.25) is 9.59 Å². The Bertz CT molecular complexity index is 294. The van der Waals surface area contributed by atoms with Gasteiger partial charge in [-0.05, 0) is 20.3 Å². The SMILES string of the molecule is CCC(C#N)C(=O)N(CC(=O)OC)C(C)C. The van der Waals surface area contributed by atoms with Crippen LogP contribution in [-0.4, -0.2) is 36.5 Å². The summed E-state index contributed by atoms with van der Waals surface area (Å²) in [5.41, 5.74) is 0. The summed E-state index contributed by atoms with van der Waals surface area (Å²) in [5.74, 6) is -1.48. The van der Waals surface area contributed by atoms with E-state index in [0.717, 1.165) is 0 Å². The Balaban J connectivity index is 4.73. The standard InChI is InChI=1S/C11H18N2O3/c1-5-9(6-12)11(15)13(8(2)3)7-10(14)16-4/h8-9H,5,7H2,1-4H3. The van der Waals surface area contributed by atoms with E-state index in [2.05, 4.69) is 4.74 Å². The summed E-state index contributed by atoms with van der Waals surface area (Å²) >= 11 is 0. The Morgan fingerprint density at radius 3 is 2.31 bits per heavy atom. The number of ether oxygens (including phenoxy) is 1.